The zero-order valence-electron chi connectivity index (χ0n) is 13.7. The normalized spacial score (nSPS) is 11.7. The van der Waals surface area contributed by atoms with Gasteiger partial charge in [0, 0.05) is 20.1 Å². The van der Waals surface area contributed by atoms with E-state index in [9.17, 15) is 10.2 Å². The highest BCUT2D eigenvalue weighted by atomic mass is 79.9. The van der Waals surface area contributed by atoms with Gasteiger partial charge in [-0.1, -0.05) is 82.9 Å². The van der Waals surface area contributed by atoms with Gasteiger partial charge in [-0.2, -0.15) is 0 Å². The van der Waals surface area contributed by atoms with E-state index in [1.807, 2.05) is 12.1 Å². The van der Waals surface area contributed by atoms with Crippen LogP contribution < -0.4 is 5.19 Å². The molecule has 0 aliphatic heterocycles. The van der Waals surface area contributed by atoms with E-state index in [-0.39, 0.29) is 5.75 Å². The monoisotopic (exact) mass is 456 g/mol. The van der Waals surface area contributed by atoms with Crippen LogP contribution in [0.25, 0.3) is 11.1 Å². The second-order valence-corrected chi connectivity index (χ2v) is 12.7. The second-order valence-electron chi connectivity index (χ2n) is 5.79. The maximum Gasteiger partial charge on any atom is 0.124 e. The molecule has 23 heavy (non-hydrogen) atoms. The average molecular weight is 458 g/mol. The van der Waals surface area contributed by atoms with Gasteiger partial charge in [-0.3, -0.25) is 0 Å². The summed E-state index contributed by atoms with van der Waals surface area (Å²) in [6, 6.07) is 12.6. The lowest BCUT2D eigenvalue weighted by Gasteiger charge is -2.30. The molecule has 2 aromatic carbocycles. The van der Waals surface area contributed by atoms with E-state index in [0.717, 1.165) is 32.3 Å². The van der Waals surface area contributed by atoms with Gasteiger partial charge >= 0.3 is 0 Å². The third-order valence-corrected chi connectivity index (χ3v) is 11.9. The largest absolute Gasteiger partial charge is 0.507 e. The van der Waals surface area contributed by atoms with E-state index >= 15 is 0 Å². The minimum absolute atomic E-state index is 0.157. The molecule has 0 aliphatic rings. The molecule has 2 rings (SSSR count). The number of halogens is 2. The minimum Gasteiger partial charge on any atom is -0.507 e. The summed E-state index contributed by atoms with van der Waals surface area (Å²) in [4.78, 5) is 0. The van der Waals surface area contributed by atoms with Gasteiger partial charge in [-0.05, 0) is 23.4 Å². The maximum atomic E-state index is 11.1. The van der Waals surface area contributed by atoms with E-state index in [1.165, 1.54) is 0 Å². The van der Waals surface area contributed by atoms with Crippen LogP contribution in [0.5, 0.6) is 11.5 Å². The van der Waals surface area contributed by atoms with Crippen molar-refractivity contribution >= 4 is 45.1 Å². The predicted octanol–water partition coefficient (Wildman–Crippen LogP) is 6.01. The summed E-state index contributed by atoms with van der Waals surface area (Å²) in [6.07, 6.45) is 0. The van der Waals surface area contributed by atoms with E-state index in [4.69, 9.17) is 0 Å². The summed E-state index contributed by atoms with van der Waals surface area (Å²) < 4.78 is 1.55. The first-order valence-corrected chi connectivity index (χ1v) is 12.1. The molecule has 0 amide bonds. The molecule has 0 heterocycles. The lowest BCUT2D eigenvalue weighted by molar-refractivity contribution is 0.470. The fourth-order valence-electron chi connectivity index (χ4n) is 3.31. The molecule has 5 heteroatoms. The van der Waals surface area contributed by atoms with Crippen LogP contribution >= 0.6 is 31.9 Å². The number of rotatable bonds is 5. The Kier molecular flexibility index (Phi) is 5.98. The zero-order valence-corrected chi connectivity index (χ0v) is 17.8. The third kappa shape index (κ3) is 3.23. The molecule has 0 aliphatic carbocycles. The van der Waals surface area contributed by atoms with Gasteiger partial charge in [0.2, 0.25) is 0 Å². The Labute approximate surface area is 155 Å². The summed E-state index contributed by atoms with van der Waals surface area (Å²) in [5.41, 5.74) is 1.30. The molecular weight excluding hydrogens is 436 g/mol. The summed E-state index contributed by atoms with van der Waals surface area (Å²) in [5, 5.41) is 22.5. The molecule has 124 valence electrons. The van der Waals surface area contributed by atoms with Gasteiger partial charge < -0.3 is 10.2 Å². The number of hydrogen-bond acceptors (Lipinski definition) is 2. The van der Waals surface area contributed by atoms with Gasteiger partial charge in [0.25, 0.3) is 0 Å². The van der Waals surface area contributed by atoms with Crippen molar-refractivity contribution in [3.8, 4) is 22.6 Å². The lowest BCUT2D eigenvalue weighted by Crippen LogP contribution is -2.45. The van der Waals surface area contributed by atoms with Crippen molar-refractivity contribution in [2.45, 2.75) is 38.9 Å². The minimum atomic E-state index is -1.73. The first-order valence-electron chi connectivity index (χ1n) is 7.91. The highest BCUT2D eigenvalue weighted by Crippen LogP contribution is 2.44. The van der Waals surface area contributed by atoms with E-state index in [1.54, 1.807) is 12.1 Å². The smallest absolute Gasteiger partial charge is 0.124 e. The Morgan fingerprint density at radius 1 is 0.826 bits per heavy atom. The van der Waals surface area contributed by atoms with Crippen molar-refractivity contribution in [1.29, 1.82) is 0 Å². The summed E-state index contributed by atoms with van der Waals surface area (Å²) in [5.74, 6) is 0.461. The molecule has 0 spiro atoms. The van der Waals surface area contributed by atoms with E-state index in [0.29, 0.717) is 16.9 Å². The Morgan fingerprint density at radius 3 is 1.91 bits per heavy atom. The Morgan fingerprint density at radius 2 is 1.39 bits per heavy atom. The number of phenolic OH excluding ortho intramolecular Hbond substituents is 2. The molecule has 2 aromatic rings. The van der Waals surface area contributed by atoms with Crippen molar-refractivity contribution in [1.82, 2.24) is 0 Å². The maximum absolute atomic E-state index is 11.1. The summed E-state index contributed by atoms with van der Waals surface area (Å²) in [7, 11) is -1.73. The number of phenols is 2. The molecule has 2 nitrogen and oxygen atoms in total. The average Bonchev–Trinajstić information content (AvgIpc) is 2.54. The van der Waals surface area contributed by atoms with Crippen LogP contribution in [-0.4, -0.2) is 18.3 Å². The zero-order chi connectivity index (χ0) is 17.2. The van der Waals surface area contributed by atoms with Crippen LogP contribution in [0.2, 0.25) is 18.1 Å². The fourth-order valence-corrected chi connectivity index (χ4v) is 8.09. The SMILES string of the molecule is CC[Si](CC)(CC)c1ccc(Br)c(-c2c(O)cccc2Br)c1O. The molecule has 0 saturated heterocycles. The fraction of sp³-hybridized carbons (Fsp3) is 0.333. The summed E-state index contributed by atoms with van der Waals surface area (Å²) in [6.45, 7) is 6.66. The molecule has 0 aromatic heterocycles. The van der Waals surface area contributed by atoms with E-state index < -0.39 is 8.07 Å². The van der Waals surface area contributed by atoms with Gasteiger partial charge in [0.05, 0.1) is 8.07 Å². The third-order valence-electron chi connectivity index (χ3n) is 4.97. The molecule has 0 fully saturated rings. The van der Waals surface area contributed by atoms with E-state index in [2.05, 4.69) is 58.7 Å². The first-order chi connectivity index (χ1) is 10.9. The van der Waals surface area contributed by atoms with Gasteiger partial charge in [0.1, 0.15) is 11.5 Å². The van der Waals surface area contributed by atoms with Crippen molar-refractivity contribution in [3.63, 3.8) is 0 Å². The summed E-state index contributed by atoms with van der Waals surface area (Å²) >= 11 is 7.04. The van der Waals surface area contributed by atoms with Crippen LogP contribution in [0, 0.1) is 0 Å². The quantitative estimate of drug-likeness (QED) is 0.540. The highest BCUT2D eigenvalue weighted by molar-refractivity contribution is 9.11. The lowest BCUT2D eigenvalue weighted by atomic mass is 10.0. The Balaban J connectivity index is 2.80. The van der Waals surface area contributed by atoms with Crippen molar-refractivity contribution in [2.24, 2.45) is 0 Å². The molecule has 0 bridgehead atoms. The number of benzene rings is 2. The van der Waals surface area contributed by atoms with Crippen LogP contribution in [0.15, 0.2) is 39.3 Å². The number of hydrogen-bond donors (Lipinski definition) is 2. The van der Waals surface area contributed by atoms with Crippen LogP contribution in [0.3, 0.4) is 0 Å². The van der Waals surface area contributed by atoms with Crippen molar-refractivity contribution in [3.05, 3.63) is 39.3 Å². The van der Waals surface area contributed by atoms with Crippen molar-refractivity contribution < 1.29 is 10.2 Å². The molecule has 0 radical (unpaired) electrons. The molecular formula is C18H22Br2O2Si. The Bertz CT molecular complexity index is 684. The molecule has 2 N–H and O–H groups in total. The standard InChI is InChI=1S/C18H22Br2O2Si/c1-4-23(5-2,6-3)15-11-10-13(20)17(18(15)22)16-12(19)8-7-9-14(16)21/h7-11,21-22H,4-6H2,1-3H3. The highest BCUT2D eigenvalue weighted by Gasteiger charge is 2.33. The van der Waals surface area contributed by atoms with Crippen LogP contribution in [0.4, 0.5) is 0 Å². The van der Waals surface area contributed by atoms with Crippen LogP contribution in [0.1, 0.15) is 20.8 Å². The predicted molar refractivity (Wildman–Crippen MR) is 107 cm³/mol. The first kappa shape index (κ1) is 18.6. The topological polar surface area (TPSA) is 40.5 Å². The van der Waals surface area contributed by atoms with Gasteiger partial charge in [-0.15, -0.1) is 0 Å². The Hall–Kier alpha value is -0.783. The number of aromatic hydroxyl groups is 2. The van der Waals surface area contributed by atoms with Gasteiger partial charge in [0.15, 0.2) is 0 Å². The molecule has 0 unspecified atom stereocenters. The van der Waals surface area contributed by atoms with Crippen molar-refractivity contribution in [2.75, 3.05) is 0 Å². The van der Waals surface area contributed by atoms with Gasteiger partial charge in [-0.25, -0.2) is 0 Å². The van der Waals surface area contributed by atoms with Crippen LogP contribution in [-0.2, 0) is 0 Å². The molecule has 0 saturated carbocycles. The molecule has 0 atom stereocenters. The second kappa shape index (κ2) is 7.41.